The highest BCUT2D eigenvalue weighted by molar-refractivity contribution is 5.48. The molecule has 0 radical (unpaired) electrons. The van der Waals surface area contributed by atoms with Gasteiger partial charge in [0.05, 0.1) is 12.2 Å². The van der Waals surface area contributed by atoms with Crippen LogP contribution in [0.5, 0.6) is 5.75 Å². The summed E-state index contributed by atoms with van der Waals surface area (Å²) in [5.74, 6) is 0.979. The lowest BCUT2D eigenvalue weighted by Crippen LogP contribution is -2.14. The molecule has 0 aromatic heterocycles. The zero-order chi connectivity index (χ0) is 12.3. The first-order valence-corrected chi connectivity index (χ1v) is 5.97. The molecule has 1 saturated carbocycles. The summed E-state index contributed by atoms with van der Waals surface area (Å²) in [6.07, 6.45) is 2.18. The van der Waals surface area contributed by atoms with Crippen molar-refractivity contribution in [3.63, 3.8) is 0 Å². The van der Waals surface area contributed by atoms with E-state index in [0.717, 1.165) is 12.3 Å². The minimum atomic E-state index is -2.54. The summed E-state index contributed by atoms with van der Waals surface area (Å²) < 4.78 is 30.9. The van der Waals surface area contributed by atoms with Gasteiger partial charge in [-0.25, -0.2) is 8.78 Å². The SMILES string of the molecule is Nc1ccc(OCCC2CCC2)c(C(F)F)c1. The number of benzene rings is 1. The van der Waals surface area contributed by atoms with Gasteiger partial charge in [-0.05, 0) is 30.5 Å². The van der Waals surface area contributed by atoms with E-state index >= 15 is 0 Å². The van der Waals surface area contributed by atoms with E-state index in [1.807, 2.05) is 0 Å². The lowest BCUT2D eigenvalue weighted by molar-refractivity contribution is 0.143. The number of halogens is 2. The normalized spacial score (nSPS) is 15.9. The Kier molecular flexibility index (Phi) is 3.82. The lowest BCUT2D eigenvalue weighted by Gasteiger charge is -2.25. The number of anilines is 1. The number of hydrogen-bond acceptors (Lipinski definition) is 2. The molecule has 17 heavy (non-hydrogen) atoms. The van der Waals surface area contributed by atoms with Gasteiger partial charge in [-0.1, -0.05) is 19.3 Å². The molecule has 2 N–H and O–H groups in total. The van der Waals surface area contributed by atoms with Gasteiger partial charge < -0.3 is 10.5 Å². The highest BCUT2D eigenvalue weighted by atomic mass is 19.3. The predicted octanol–water partition coefficient (Wildman–Crippen LogP) is 3.78. The highest BCUT2D eigenvalue weighted by Gasteiger charge is 2.18. The molecule has 0 atom stereocenters. The molecule has 94 valence electrons. The smallest absolute Gasteiger partial charge is 0.267 e. The molecule has 1 fully saturated rings. The molecule has 1 aliphatic rings. The molecule has 0 amide bonds. The van der Waals surface area contributed by atoms with E-state index in [1.165, 1.54) is 31.4 Å². The van der Waals surface area contributed by atoms with Crippen molar-refractivity contribution in [2.45, 2.75) is 32.1 Å². The lowest BCUT2D eigenvalue weighted by atomic mass is 9.83. The molecule has 0 bridgehead atoms. The van der Waals surface area contributed by atoms with Crippen LogP contribution in [0.1, 0.15) is 37.7 Å². The second kappa shape index (κ2) is 5.34. The highest BCUT2D eigenvalue weighted by Crippen LogP contribution is 2.32. The fraction of sp³-hybridized carbons (Fsp3) is 0.538. The van der Waals surface area contributed by atoms with Gasteiger partial charge >= 0.3 is 0 Å². The first kappa shape index (κ1) is 12.1. The van der Waals surface area contributed by atoms with Crippen molar-refractivity contribution in [3.8, 4) is 5.75 Å². The number of nitrogen functional groups attached to an aromatic ring is 1. The molecule has 0 unspecified atom stereocenters. The topological polar surface area (TPSA) is 35.2 Å². The Morgan fingerprint density at radius 1 is 1.35 bits per heavy atom. The molecule has 1 aliphatic carbocycles. The van der Waals surface area contributed by atoms with Crippen molar-refractivity contribution >= 4 is 5.69 Å². The minimum absolute atomic E-state index is 0.112. The maximum absolute atomic E-state index is 12.7. The third-order valence-electron chi connectivity index (χ3n) is 3.28. The Hall–Kier alpha value is -1.32. The quantitative estimate of drug-likeness (QED) is 0.796. The first-order valence-electron chi connectivity index (χ1n) is 5.97. The van der Waals surface area contributed by atoms with Gasteiger partial charge in [0.2, 0.25) is 0 Å². The van der Waals surface area contributed by atoms with E-state index in [0.29, 0.717) is 12.3 Å². The Bertz CT molecular complexity index is 378. The molecule has 2 rings (SSSR count). The maximum atomic E-state index is 12.7. The van der Waals surface area contributed by atoms with Gasteiger partial charge in [0.15, 0.2) is 0 Å². The average molecular weight is 241 g/mol. The Balaban J connectivity index is 1.93. The van der Waals surface area contributed by atoms with Crippen LogP contribution in [0.15, 0.2) is 18.2 Å². The van der Waals surface area contributed by atoms with Crippen LogP contribution in [0.3, 0.4) is 0 Å². The molecular weight excluding hydrogens is 224 g/mol. The molecule has 0 heterocycles. The summed E-state index contributed by atoms with van der Waals surface area (Å²) in [6.45, 7) is 0.508. The van der Waals surface area contributed by atoms with Crippen LogP contribution in [0.25, 0.3) is 0 Å². The van der Waals surface area contributed by atoms with Crippen LogP contribution >= 0.6 is 0 Å². The second-order valence-electron chi connectivity index (χ2n) is 4.53. The number of rotatable bonds is 5. The van der Waals surface area contributed by atoms with Crippen LogP contribution in [0.2, 0.25) is 0 Å². The molecule has 0 aliphatic heterocycles. The molecule has 0 spiro atoms. The Morgan fingerprint density at radius 3 is 2.71 bits per heavy atom. The molecular formula is C13H17F2NO. The fourth-order valence-electron chi connectivity index (χ4n) is 1.99. The van der Waals surface area contributed by atoms with E-state index in [1.54, 1.807) is 6.07 Å². The van der Waals surface area contributed by atoms with Crippen LogP contribution in [-0.4, -0.2) is 6.61 Å². The second-order valence-corrected chi connectivity index (χ2v) is 4.53. The standard InChI is InChI=1S/C13H17F2NO/c14-13(15)11-8-10(16)4-5-12(11)17-7-6-9-2-1-3-9/h4-5,8-9,13H,1-3,6-7,16H2. The van der Waals surface area contributed by atoms with E-state index in [-0.39, 0.29) is 11.3 Å². The summed E-state index contributed by atoms with van der Waals surface area (Å²) in [6, 6.07) is 4.39. The van der Waals surface area contributed by atoms with Gasteiger partial charge in [-0.2, -0.15) is 0 Å². The molecule has 1 aromatic carbocycles. The van der Waals surface area contributed by atoms with Gasteiger partial charge in [0.1, 0.15) is 5.75 Å². The number of alkyl halides is 2. The van der Waals surface area contributed by atoms with Gasteiger partial charge in [-0.3, -0.25) is 0 Å². The summed E-state index contributed by atoms with van der Waals surface area (Å²) in [5.41, 5.74) is 5.71. The third kappa shape index (κ3) is 3.08. The summed E-state index contributed by atoms with van der Waals surface area (Å²) in [5, 5.41) is 0. The van der Waals surface area contributed by atoms with E-state index in [4.69, 9.17) is 10.5 Å². The fourth-order valence-corrected chi connectivity index (χ4v) is 1.99. The van der Waals surface area contributed by atoms with E-state index in [2.05, 4.69) is 0 Å². The monoisotopic (exact) mass is 241 g/mol. The zero-order valence-corrected chi connectivity index (χ0v) is 9.66. The number of ether oxygens (including phenoxy) is 1. The van der Waals surface area contributed by atoms with Crippen molar-refractivity contribution in [2.24, 2.45) is 5.92 Å². The van der Waals surface area contributed by atoms with Gasteiger partial charge in [-0.15, -0.1) is 0 Å². The van der Waals surface area contributed by atoms with Crippen molar-refractivity contribution in [2.75, 3.05) is 12.3 Å². The molecule has 0 saturated heterocycles. The Labute approximate surface area is 99.8 Å². The van der Waals surface area contributed by atoms with Gasteiger partial charge in [0.25, 0.3) is 6.43 Å². The van der Waals surface area contributed by atoms with E-state index in [9.17, 15) is 8.78 Å². The van der Waals surface area contributed by atoms with Crippen LogP contribution < -0.4 is 10.5 Å². The van der Waals surface area contributed by atoms with Crippen LogP contribution in [0.4, 0.5) is 14.5 Å². The van der Waals surface area contributed by atoms with Crippen molar-refractivity contribution in [1.29, 1.82) is 0 Å². The van der Waals surface area contributed by atoms with Crippen molar-refractivity contribution < 1.29 is 13.5 Å². The van der Waals surface area contributed by atoms with Crippen LogP contribution in [0, 0.1) is 5.92 Å². The third-order valence-corrected chi connectivity index (χ3v) is 3.28. The van der Waals surface area contributed by atoms with E-state index < -0.39 is 6.43 Å². The molecule has 4 heteroatoms. The average Bonchev–Trinajstić information content (AvgIpc) is 2.23. The van der Waals surface area contributed by atoms with Crippen LogP contribution in [-0.2, 0) is 0 Å². The number of hydrogen-bond donors (Lipinski definition) is 1. The zero-order valence-electron chi connectivity index (χ0n) is 9.66. The Morgan fingerprint density at radius 2 is 2.12 bits per heavy atom. The first-order chi connectivity index (χ1) is 8.16. The number of nitrogens with two attached hydrogens (primary N) is 1. The largest absolute Gasteiger partial charge is 0.493 e. The predicted molar refractivity (Wildman–Crippen MR) is 63.3 cm³/mol. The summed E-state index contributed by atoms with van der Waals surface area (Å²) in [7, 11) is 0. The molecule has 1 aromatic rings. The molecule has 2 nitrogen and oxygen atoms in total. The minimum Gasteiger partial charge on any atom is -0.493 e. The van der Waals surface area contributed by atoms with Crippen molar-refractivity contribution in [3.05, 3.63) is 23.8 Å². The van der Waals surface area contributed by atoms with Crippen molar-refractivity contribution in [1.82, 2.24) is 0 Å². The summed E-state index contributed by atoms with van der Waals surface area (Å²) >= 11 is 0. The summed E-state index contributed by atoms with van der Waals surface area (Å²) in [4.78, 5) is 0. The maximum Gasteiger partial charge on any atom is 0.267 e. The van der Waals surface area contributed by atoms with Gasteiger partial charge in [0, 0.05) is 5.69 Å².